The Hall–Kier alpha value is -3.23. The number of carbonyl (C=O) groups is 1. The monoisotopic (exact) mass is 451 g/mol. The summed E-state index contributed by atoms with van der Waals surface area (Å²) in [6, 6.07) is 15.0. The van der Waals surface area contributed by atoms with Gasteiger partial charge in [0.25, 0.3) is 11.5 Å². The molecule has 3 aromatic heterocycles. The zero-order valence-corrected chi connectivity index (χ0v) is 18.8. The van der Waals surface area contributed by atoms with Gasteiger partial charge >= 0.3 is 0 Å². The number of aromatic nitrogens is 2. The minimum atomic E-state index is -0.264. The van der Waals surface area contributed by atoms with E-state index in [4.69, 9.17) is 4.74 Å². The van der Waals surface area contributed by atoms with Crippen LogP contribution in [0.5, 0.6) is 5.75 Å². The summed E-state index contributed by atoms with van der Waals surface area (Å²) in [6.07, 6.45) is 1.62. The first-order chi connectivity index (χ1) is 15.0. The average molecular weight is 452 g/mol. The maximum Gasteiger partial charge on any atom is 0.263 e. The number of thiazole rings is 1. The molecule has 31 heavy (non-hydrogen) atoms. The minimum absolute atomic E-state index is 0.194. The fourth-order valence-corrected chi connectivity index (χ4v) is 4.68. The maximum atomic E-state index is 12.6. The Kier molecular flexibility index (Phi) is 6.29. The largest absolute Gasteiger partial charge is 0.489 e. The second-order valence-electron chi connectivity index (χ2n) is 7.00. The number of benzene rings is 1. The fourth-order valence-electron chi connectivity index (χ4n) is 3.00. The quantitative estimate of drug-likeness (QED) is 0.450. The van der Waals surface area contributed by atoms with Crippen LogP contribution in [0.3, 0.4) is 0 Å². The third kappa shape index (κ3) is 5.10. The van der Waals surface area contributed by atoms with Gasteiger partial charge in [-0.1, -0.05) is 41.7 Å². The minimum Gasteiger partial charge on any atom is -0.489 e. The highest BCUT2D eigenvalue weighted by atomic mass is 32.1. The van der Waals surface area contributed by atoms with Crippen LogP contribution in [0.2, 0.25) is 0 Å². The van der Waals surface area contributed by atoms with E-state index in [0.29, 0.717) is 34.6 Å². The first-order valence-electron chi connectivity index (χ1n) is 9.69. The highest BCUT2D eigenvalue weighted by Crippen LogP contribution is 2.22. The first kappa shape index (κ1) is 21.0. The molecule has 4 aromatic rings. The lowest BCUT2D eigenvalue weighted by atomic mass is 10.2. The van der Waals surface area contributed by atoms with Crippen LogP contribution < -0.4 is 15.6 Å². The Morgan fingerprint density at radius 1 is 1.13 bits per heavy atom. The molecule has 1 aromatic carbocycles. The van der Waals surface area contributed by atoms with Crippen molar-refractivity contribution in [3.63, 3.8) is 0 Å². The van der Waals surface area contributed by atoms with E-state index in [1.54, 1.807) is 30.5 Å². The van der Waals surface area contributed by atoms with Crippen LogP contribution >= 0.6 is 22.7 Å². The van der Waals surface area contributed by atoms with Crippen molar-refractivity contribution in [3.8, 4) is 10.9 Å². The molecule has 158 valence electrons. The van der Waals surface area contributed by atoms with Crippen LogP contribution in [0.4, 0.5) is 0 Å². The van der Waals surface area contributed by atoms with Crippen LogP contribution in [-0.2, 0) is 13.2 Å². The number of carbonyl (C=O) groups excluding carboxylic acids is 1. The zero-order valence-electron chi connectivity index (χ0n) is 17.1. The topological polar surface area (TPSA) is 73.2 Å². The summed E-state index contributed by atoms with van der Waals surface area (Å²) in [5.41, 5.74) is 2.42. The van der Waals surface area contributed by atoms with Gasteiger partial charge in [-0.2, -0.15) is 0 Å². The number of pyridine rings is 1. The number of nitrogens with one attached hydrogen (secondary N) is 1. The Morgan fingerprint density at radius 3 is 2.65 bits per heavy atom. The number of ether oxygens (including phenoxy) is 1. The number of hydrogen-bond donors (Lipinski definition) is 1. The second kappa shape index (κ2) is 9.28. The molecule has 0 aliphatic rings. The fraction of sp³-hybridized carbons (Fsp3) is 0.174. The molecule has 0 atom stereocenters. The van der Waals surface area contributed by atoms with Crippen LogP contribution in [0.25, 0.3) is 5.13 Å². The summed E-state index contributed by atoms with van der Waals surface area (Å²) >= 11 is 2.84. The van der Waals surface area contributed by atoms with Crippen LogP contribution in [0.15, 0.2) is 64.9 Å². The van der Waals surface area contributed by atoms with E-state index < -0.39 is 0 Å². The lowest BCUT2D eigenvalue weighted by molar-refractivity contribution is 0.0954. The molecule has 4 rings (SSSR count). The third-order valence-electron chi connectivity index (χ3n) is 4.57. The van der Waals surface area contributed by atoms with Crippen molar-refractivity contribution >= 4 is 28.6 Å². The predicted molar refractivity (Wildman–Crippen MR) is 123 cm³/mol. The molecule has 0 spiro atoms. The summed E-state index contributed by atoms with van der Waals surface area (Å²) in [6.45, 7) is 4.65. The van der Waals surface area contributed by atoms with Crippen LogP contribution in [0, 0.1) is 13.8 Å². The molecule has 0 radical (unpaired) electrons. The van der Waals surface area contributed by atoms with Crippen molar-refractivity contribution in [1.29, 1.82) is 0 Å². The molecule has 6 nitrogen and oxygen atoms in total. The van der Waals surface area contributed by atoms with E-state index in [0.717, 1.165) is 11.1 Å². The lowest BCUT2D eigenvalue weighted by Crippen LogP contribution is -2.22. The number of nitrogens with zero attached hydrogens (tertiary/aromatic N) is 2. The van der Waals surface area contributed by atoms with Crippen LogP contribution in [-0.4, -0.2) is 15.5 Å². The zero-order chi connectivity index (χ0) is 21.8. The molecular weight excluding hydrogens is 430 g/mol. The van der Waals surface area contributed by atoms with Gasteiger partial charge in [0.1, 0.15) is 17.2 Å². The summed E-state index contributed by atoms with van der Waals surface area (Å²) in [4.78, 5) is 31.3. The molecule has 0 unspecified atom stereocenters. The van der Waals surface area contributed by atoms with E-state index >= 15 is 0 Å². The maximum absolute atomic E-state index is 12.6. The summed E-state index contributed by atoms with van der Waals surface area (Å²) in [5, 5.41) is 5.40. The molecule has 0 fully saturated rings. The standard InChI is InChI=1S/C23H21N3O3S2/c1-15-10-18(14-30-15)12-24-22(28)21-16(2)25-23(31-21)26-9-8-19(11-20(26)27)29-13-17-6-4-3-5-7-17/h3-11,14H,12-13H2,1-2H3,(H,24,28). The number of aryl methyl sites for hydroxylation is 2. The molecular formula is C23H21N3O3S2. The van der Waals surface area contributed by atoms with Crippen molar-refractivity contribution in [3.05, 3.63) is 97.0 Å². The van der Waals surface area contributed by atoms with Crippen molar-refractivity contribution in [2.24, 2.45) is 0 Å². The Labute approximate surface area is 187 Å². The van der Waals surface area contributed by atoms with Gasteiger partial charge in [-0.15, -0.1) is 11.3 Å². The number of rotatable bonds is 7. The number of hydrogen-bond acceptors (Lipinski definition) is 6. The van der Waals surface area contributed by atoms with E-state index in [1.165, 1.54) is 26.8 Å². The molecule has 8 heteroatoms. The van der Waals surface area contributed by atoms with Crippen molar-refractivity contribution < 1.29 is 9.53 Å². The number of amides is 1. The highest BCUT2D eigenvalue weighted by Gasteiger charge is 2.17. The van der Waals surface area contributed by atoms with Gasteiger partial charge < -0.3 is 10.1 Å². The molecule has 1 N–H and O–H groups in total. The second-order valence-corrected chi connectivity index (χ2v) is 9.10. The van der Waals surface area contributed by atoms with Gasteiger partial charge in [0.15, 0.2) is 5.13 Å². The first-order valence-corrected chi connectivity index (χ1v) is 11.4. The summed E-state index contributed by atoms with van der Waals surface area (Å²) < 4.78 is 7.14. The molecule has 1 amide bonds. The van der Waals surface area contributed by atoms with E-state index in [2.05, 4.69) is 16.4 Å². The SMILES string of the molecule is Cc1cc(CNC(=O)c2sc(-n3ccc(OCc4ccccc4)cc3=O)nc2C)cs1. The number of thiophene rings is 1. The summed E-state index contributed by atoms with van der Waals surface area (Å²) in [5.74, 6) is 0.295. The van der Waals surface area contributed by atoms with Gasteiger partial charge in [-0.05, 0) is 42.5 Å². The van der Waals surface area contributed by atoms with Crippen molar-refractivity contribution in [2.45, 2.75) is 27.0 Å². The van der Waals surface area contributed by atoms with Gasteiger partial charge in [0.2, 0.25) is 0 Å². The Bertz CT molecular complexity index is 1260. The van der Waals surface area contributed by atoms with Gasteiger partial charge in [-0.25, -0.2) is 4.98 Å². The van der Waals surface area contributed by atoms with Crippen molar-refractivity contribution in [1.82, 2.24) is 14.9 Å². The van der Waals surface area contributed by atoms with E-state index in [9.17, 15) is 9.59 Å². The molecule has 0 aliphatic carbocycles. The normalized spacial score (nSPS) is 10.8. The predicted octanol–water partition coefficient (Wildman–Crippen LogP) is 4.48. The highest BCUT2D eigenvalue weighted by molar-refractivity contribution is 7.16. The van der Waals surface area contributed by atoms with Gasteiger partial charge in [0, 0.05) is 23.7 Å². The van der Waals surface area contributed by atoms with E-state index in [-0.39, 0.29) is 11.5 Å². The molecule has 3 heterocycles. The smallest absolute Gasteiger partial charge is 0.263 e. The third-order valence-corrected chi connectivity index (χ3v) is 6.64. The Morgan fingerprint density at radius 2 is 1.94 bits per heavy atom. The van der Waals surface area contributed by atoms with E-state index in [1.807, 2.05) is 42.6 Å². The average Bonchev–Trinajstić information content (AvgIpc) is 3.36. The molecule has 0 bridgehead atoms. The van der Waals surface area contributed by atoms with Crippen molar-refractivity contribution in [2.75, 3.05) is 0 Å². The molecule has 0 aliphatic heterocycles. The van der Waals surface area contributed by atoms with Gasteiger partial charge in [-0.3, -0.25) is 14.2 Å². The van der Waals surface area contributed by atoms with Gasteiger partial charge in [0.05, 0.1) is 5.69 Å². The molecule has 0 saturated carbocycles. The summed E-state index contributed by atoms with van der Waals surface area (Å²) in [7, 11) is 0. The lowest BCUT2D eigenvalue weighted by Gasteiger charge is -2.07. The van der Waals surface area contributed by atoms with Crippen LogP contribution in [0.1, 0.15) is 31.4 Å². The molecule has 0 saturated heterocycles. The Balaban J connectivity index is 1.45.